The zero-order chi connectivity index (χ0) is 51.2. The van der Waals surface area contributed by atoms with E-state index in [0.29, 0.717) is 30.4 Å². The molecule has 2 aromatic heterocycles. The Bertz CT molecular complexity index is 2730. The second kappa shape index (κ2) is 27.0. The van der Waals surface area contributed by atoms with E-state index in [1.165, 1.54) is 18.2 Å². The van der Waals surface area contributed by atoms with Crippen molar-refractivity contribution in [3.8, 4) is 22.8 Å². The Hall–Kier alpha value is -8.54. The number of nitrogens with one attached hydrogen (secondary N) is 3. The highest BCUT2D eigenvalue weighted by atomic mass is 16.7. The minimum absolute atomic E-state index is 0.0305. The first-order valence-electron chi connectivity index (χ1n) is 23.7. The fourth-order valence-electron chi connectivity index (χ4n) is 7.65. The van der Waals surface area contributed by atoms with Crippen LogP contribution in [0.4, 0.5) is 0 Å². The zero-order valence-corrected chi connectivity index (χ0v) is 40.3. The van der Waals surface area contributed by atoms with Gasteiger partial charge >= 0.3 is 17.9 Å². The van der Waals surface area contributed by atoms with E-state index in [4.69, 9.17) is 23.5 Å². The number of hydrogen-bond donors (Lipinski definition) is 3. The molecule has 4 aromatic carbocycles. The molecule has 0 bridgehead atoms. The van der Waals surface area contributed by atoms with Gasteiger partial charge in [-0.25, -0.2) is 14.3 Å². The first-order chi connectivity index (χ1) is 35.0. The largest absolute Gasteiger partial charge is 0.493 e. The van der Waals surface area contributed by atoms with Crippen LogP contribution >= 0.6 is 0 Å². The first kappa shape index (κ1) is 52.8. The summed E-state index contributed by atoms with van der Waals surface area (Å²) in [5, 5.41) is 13.0. The van der Waals surface area contributed by atoms with E-state index in [1.54, 1.807) is 122 Å². The monoisotopic (exact) mass is 982 g/mol. The van der Waals surface area contributed by atoms with Gasteiger partial charge in [0, 0.05) is 18.0 Å². The molecule has 72 heavy (non-hydrogen) atoms. The maximum Gasteiger partial charge on any atom is 0.363 e. The molecule has 0 spiro atoms. The summed E-state index contributed by atoms with van der Waals surface area (Å²) in [6, 6.07) is 31.6. The van der Waals surface area contributed by atoms with Crippen molar-refractivity contribution in [2.24, 2.45) is 5.92 Å². The Kier molecular flexibility index (Phi) is 19.8. The van der Waals surface area contributed by atoms with E-state index in [0.717, 1.165) is 29.2 Å². The summed E-state index contributed by atoms with van der Waals surface area (Å²) >= 11 is 0. The van der Waals surface area contributed by atoms with Crippen molar-refractivity contribution < 1.29 is 57.0 Å². The van der Waals surface area contributed by atoms with Gasteiger partial charge in [0.25, 0.3) is 11.8 Å². The molecule has 0 saturated heterocycles. The van der Waals surface area contributed by atoms with Gasteiger partial charge in [-0.05, 0) is 85.5 Å². The average Bonchev–Trinajstić information content (AvgIpc) is 4.14. The lowest BCUT2D eigenvalue weighted by Crippen LogP contribution is -2.49. The zero-order valence-electron chi connectivity index (χ0n) is 40.3. The molecule has 2 heterocycles. The summed E-state index contributed by atoms with van der Waals surface area (Å²) in [5.74, 6) is -4.69. The Balaban J connectivity index is 1.08. The number of hydroxylamine groups is 2. The summed E-state index contributed by atoms with van der Waals surface area (Å²) in [7, 11) is 0. The minimum Gasteiger partial charge on any atom is -0.493 e. The normalized spacial score (nSPS) is 12.0. The van der Waals surface area contributed by atoms with E-state index in [1.807, 2.05) is 19.1 Å². The molecule has 376 valence electrons. The number of hydrogen-bond acceptors (Lipinski definition) is 13. The quantitative estimate of drug-likeness (QED) is 0.0149. The molecule has 18 nitrogen and oxygen atoms in total. The van der Waals surface area contributed by atoms with Gasteiger partial charge in [-0.3, -0.25) is 24.0 Å². The third kappa shape index (κ3) is 15.0. The lowest BCUT2D eigenvalue weighted by atomic mass is 9.90. The maximum absolute atomic E-state index is 13.8. The van der Waals surface area contributed by atoms with Gasteiger partial charge in [-0.2, -0.15) is 10.2 Å². The number of carbonyl (C=O) groups is 7. The van der Waals surface area contributed by atoms with E-state index in [-0.39, 0.29) is 61.3 Å². The highest BCUT2D eigenvalue weighted by Gasteiger charge is 2.34. The summed E-state index contributed by atoms with van der Waals surface area (Å²) < 4.78 is 24.3. The molecule has 18 heteroatoms. The van der Waals surface area contributed by atoms with Crippen molar-refractivity contribution in [1.29, 1.82) is 0 Å². The smallest absolute Gasteiger partial charge is 0.363 e. The van der Waals surface area contributed by atoms with Crippen LogP contribution in [0.1, 0.15) is 102 Å². The molecular weight excluding hydrogens is 925 g/mol. The number of esters is 2. The lowest BCUT2D eigenvalue weighted by Gasteiger charge is -2.31. The number of furan rings is 1. The van der Waals surface area contributed by atoms with Crippen LogP contribution in [0.2, 0.25) is 0 Å². The Morgan fingerprint density at radius 2 is 1.49 bits per heavy atom. The van der Waals surface area contributed by atoms with Gasteiger partial charge in [0.2, 0.25) is 12.3 Å². The average molecular weight is 983 g/mol. The molecule has 0 radical (unpaired) electrons. The van der Waals surface area contributed by atoms with Gasteiger partial charge < -0.3 is 39.4 Å². The lowest BCUT2D eigenvalue weighted by molar-refractivity contribution is -0.171. The van der Waals surface area contributed by atoms with Gasteiger partial charge in [0.05, 0.1) is 48.5 Å². The molecule has 4 amide bonds. The van der Waals surface area contributed by atoms with Crippen molar-refractivity contribution in [1.82, 2.24) is 30.8 Å². The number of carbonyl (C=O) groups excluding carboxylic acids is 7. The SMILES string of the molecule is CCCCCC(C(=O)NCNC(=O)c1ccc(-c2ccc(C(=O)NC(CC(=O)OCc3ccccc3)C(=O)OCc3ccccc3)c(OCC)c2)o1)C(CC)N(C=O)OC(=O)c1ccc(-n2cccn2)cc1. The van der Waals surface area contributed by atoms with Gasteiger partial charge in [0.1, 0.15) is 30.8 Å². The van der Waals surface area contributed by atoms with Crippen LogP contribution in [0.3, 0.4) is 0 Å². The Morgan fingerprint density at radius 3 is 2.12 bits per heavy atom. The fraction of sp³-hybridized carbons (Fsp3) is 0.296. The van der Waals surface area contributed by atoms with Crippen molar-refractivity contribution >= 4 is 42.0 Å². The third-order valence-electron chi connectivity index (χ3n) is 11.4. The van der Waals surface area contributed by atoms with Crippen LogP contribution in [-0.2, 0) is 46.7 Å². The molecule has 0 aliphatic rings. The minimum atomic E-state index is -1.41. The number of amides is 4. The predicted molar refractivity (Wildman–Crippen MR) is 263 cm³/mol. The number of ether oxygens (including phenoxy) is 3. The topological polar surface area (TPSA) is 227 Å². The van der Waals surface area contributed by atoms with Gasteiger partial charge in [-0.15, -0.1) is 0 Å². The summed E-state index contributed by atoms with van der Waals surface area (Å²) in [4.78, 5) is 98.4. The standard InChI is InChI=1S/C54H58N6O12/c1-4-7-10-20-42(45(5-2)60(36-61)72-53(66)39-21-24-41(25-22-39)59-30-15-29-57-59)50(63)55-35-56-52(65)47-28-27-46(71-47)40-23-26-43(48(31-40)68-6-3)51(64)58-44(54(67)70-34-38-18-13-9-14-19-38)32-49(62)69-33-37-16-11-8-12-17-37/h8-9,11-19,21-31,36,42,44-45H,4-7,10,20,32-35H2,1-3H3,(H,55,63)(H,56,65)(H,58,64). The number of unbranched alkanes of at least 4 members (excludes halogenated alkanes) is 2. The molecular formula is C54H58N6O12. The van der Waals surface area contributed by atoms with E-state index in [2.05, 4.69) is 21.0 Å². The number of benzene rings is 4. The van der Waals surface area contributed by atoms with E-state index < -0.39 is 60.1 Å². The van der Waals surface area contributed by atoms with Crippen LogP contribution in [-0.4, -0.2) is 82.2 Å². The van der Waals surface area contributed by atoms with Gasteiger partial charge in [0.15, 0.2) is 5.76 Å². The van der Waals surface area contributed by atoms with Crippen LogP contribution in [0.25, 0.3) is 17.0 Å². The molecule has 3 atom stereocenters. The molecule has 0 aliphatic heterocycles. The Morgan fingerprint density at radius 1 is 0.778 bits per heavy atom. The molecule has 0 saturated carbocycles. The Labute approximate surface area is 416 Å². The van der Waals surface area contributed by atoms with Crippen LogP contribution in [0.5, 0.6) is 5.75 Å². The van der Waals surface area contributed by atoms with Crippen molar-refractivity contribution in [2.75, 3.05) is 13.3 Å². The molecule has 0 aliphatic carbocycles. The second-order valence-electron chi connectivity index (χ2n) is 16.4. The third-order valence-corrected chi connectivity index (χ3v) is 11.4. The molecule has 6 rings (SSSR count). The van der Waals surface area contributed by atoms with Crippen LogP contribution in [0, 0.1) is 5.92 Å². The van der Waals surface area contributed by atoms with Crippen LogP contribution < -0.4 is 20.7 Å². The first-order valence-corrected chi connectivity index (χ1v) is 23.7. The summed E-state index contributed by atoms with van der Waals surface area (Å²) in [6.07, 6.45) is 6.29. The number of rotatable bonds is 27. The molecule has 3 unspecified atom stereocenters. The highest BCUT2D eigenvalue weighted by molar-refractivity contribution is 6.00. The molecule has 0 fully saturated rings. The molecule has 3 N–H and O–H groups in total. The second-order valence-corrected chi connectivity index (χ2v) is 16.4. The van der Waals surface area contributed by atoms with E-state index >= 15 is 0 Å². The predicted octanol–water partition coefficient (Wildman–Crippen LogP) is 7.52. The number of aromatic nitrogens is 2. The van der Waals surface area contributed by atoms with Crippen molar-refractivity contribution in [3.63, 3.8) is 0 Å². The summed E-state index contributed by atoms with van der Waals surface area (Å²) in [6.45, 7) is 5.28. The summed E-state index contributed by atoms with van der Waals surface area (Å²) in [5.41, 5.74) is 2.86. The van der Waals surface area contributed by atoms with E-state index in [9.17, 15) is 33.6 Å². The number of nitrogens with zero attached hydrogens (tertiary/aromatic N) is 3. The molecule has 6 aromatic rings. The van der Waals surface area contributed by atoms with Crippen LogP contribution in [0.15, 0.2) is 138 Å². The van der Waals surface area contributed by atoms with Crippen molar-refractivity contribution in [3.05, 3.63) is 162 Å². The van der Waals surface area contributed by atoms with Gasteiger partial charge in [-0.1, -0.05) is 99.8 Å². The van der Waals surface area contributed by atoms with Crippen molar-refractivity contribution in [2.45, 2.75) is 84.6 Å². The highest BCUT2D eigenvalue weighted by Crippen LogP contribution is 2.30. The fourth-order valence-corrected chi connectivity index (χ4v) is 7.65. The maximum atomic E-state index is 13.8.